The second-order valence-electron chi connectivity index (χ2n) is 7.99. The van der Waals surface area contributed by atoms with E-state index in [9.17, 15) is 14.4 Å². The van der Waals surface area contributed by atoms with Gasteiger partial charge in [0.15, 0.2) is 0 Å². The number of carbonyl (C=O) groups is 3. The Bertz CT molecular complexity index is 738. The van der Waals surface area contributed by atoms with Crippen LogP contribution in [-0.4, -0.2) is 52.9 Å². The molecule has 2 N–H and O–H groups in total. The van der Waals surface area contributed by atoms with E-state index in [1.165, 1.54) is 0 Å². The highest BCUT2D eigenvalue weighted by Gasteiger charge is 2.32. The van der Waals surface area contributed by atoms with E-state index in [1.54, 1.807) is 32.6 Å². The third-order valence-corrected chi connectivity index (χ3v) is 5.28. The quantitative estimate of drug-likeness (QED) is 0.730. The molecule has 7 heteroatoms. The molecule has 2 rings (SSSR count). The number of nitrogens with zero attached hydrogens (tertiary/aromatic N) is 1. The number of piperidine rings is 1. The number of hydrogen-bond donors (Lipinski definition) is 2. The van der Waals surface area contributed by atoms with Crippen molar-refractivity contribution in [2.75, 3.05) is 13.1 Å². The highest BCUT2D eigenvalue weighted by Crippen LogP contribution is 2.24. The topological polar surface area (TPSA) is 91.5 Å². The molecule has 1 aromatic heterocycles. The number of rotatable bonds is 6. The van der Waals surface area contributed by atoms with Crippen molar-refractivity contribution in [2.24, 2.45) is 5.92 Å². The number of hydrogen-bond acceptors (Lipinski definition) is 4. The molecule has 1 fully saturated rings. The number of ether oxygens (including phenoxy) is 1. The smallest absolute Gasteiger partial charge is 0.340 e. The molecule has 156 valence electrons. The molecule has 1 saturated heterocycles. The summed E-state index contributed by atoms with van der Waals surface area (Å²) in [7, 11) is 0. The van der Waals surface area contributed by atoms with Crippen LogP contribution in [0.5, 0.6) is 0 Å². The highest BCUT2D eigenvalue weighted by molar-refractivity contribution is 6.00. The summed E-state index contributed by atoms with van der Waals surface area (Å²) in [6.45, 7) is 12.1. The third-order valence-electron chi connectivity index (χ3n) is 5.28. The number of carbonyl (C=O) groups excluding carboxylic acids is 3. The predicted molar refractivity (Wildman–Crippen MR) is 107 cm³/mol. The zero-order valence-corrected chi connectivity index (χ0v) is 17.8. The number of aromatic nitrogens is 1. The number of aryl methyl sites for hydroxylation is 1. The van der Waals surface area contributed by atoms with E-state index in [0.29, 0.717) is 35.6 Å². The minimum atomic E-state index is -0.426. The van der Waals surface area contributed by atoms with Crippen molar-refractivity contribution in [3.63, 3.8) is 0 Å². The first-order valence-corrected chi connectivity index (χ1v) is 10.1. The number of amides is 2. The zero-order valence-electron chi connectivity index (χ0n) is 17.8. The Morgan fingerprint density at radius 1 is 1.25 bits per heavy atom. The van der Waals surface area contributed by atoms with Crippen molar-refractivity contribution in [3.05, 3.63) is 22.5 Å². The molecule has 1 aromatic rings. The van der Waals surface area contributed by atoms with E-state index in [0.717, 1.165) is 19.3 Å². The van der Waals surface area contributed by atoms with Gasteiger partial charge in [-0.1, -0.05) is 6.92 Å². The lowest BCUT2D eigenvalue weighted by molar-refractivity contribution is -0.126. The van der Waals surface area contributed by atoms with Gasteiger partial charge in [-0.3, -0.25) is 9.59 Å². The fourth-order valence-electron chi connectivity index (χ4n) is 3.54. The van der Waals surface area contributed by atoms with Crippen LogP contribution in [0.25, 0.3) is 0 Å². The number of H-pyrrole nitrogens is 1. The van der Waals surface area contributed by atoms with Gasteiger partial charge in [-0.25, -0.2) is 4.79 Å². The Balaban J connectivity index is 2.15. The molecule has 1 aliphatic heterocycles. The number of likely N-dealkylation sites (tertiary alicyclic amines) is 1. The number of esters is 1. The first-order chi connectivity index (χ1) is 13.1. The Morgan fingerprint density at radius 3 is 2.54 bits per heavy atom. The van der Waals surface area contributed by atoms with Crippen LogP contribution in [0.4, 0.5) is 0 Å². The molecule has 0 radical (unpaired) electrons. The third kappa shape index (κ3) is 4.94. The highest BCUT2D eigenvalue weighted by atomic mass is 16.5. The van der Waals surface area contributed by atoms with Gasteiger partial charge in [0.25, 0.3) is 5.91 Å². The Morgan fingerprint density at radius 2 is 1.93 bits per heavy atom. The molecule has 0 bridgehead atoms. The first-order valence-electron chi connectivity index (χ1n) is 10.1. The first kappa shape index (κ1) is 22.0. The van der Waals surface area contributed by atoms with Gasteiger partial charge in [0.05, 0.1) is 17.6 Å². The van der Waals surface area contributed by atoms with Crippen molar-refractivity contribution < 1.29 is 19.1 Å². The normalized spacial score (nSPS) is 18.1. The standard InChI is InChI=1S/C21H33N3O4/c1-7-13(4)22-19(25)16-9-8-10-24(11-16)20(26)18-14(5)17(15(6)23-18)21(27)28-12(2)3/h12-13,16,23H,7-11H2,1-6H3,(H,22,25). The minimum absolute atomic E-state index is 0.00689. The lowest BCUT2D eigenvalue weighted by Gasteiger charge is -2.32. The molecule has 7 nitrogen and oxygen atoms in total. The fourth-order valence-corrected chi connectivity index (χ4v) is 3.54. The number of aromatic amines is 1. The molecule has 28 heavy (non-hydrogen) atoms. The summed E-state index contributed by atoms with van der Waals surface area (Å²) >= 11 is 0. The molecule has 2 amide bonds. The van der Waals surface area contributed by atoms with Gasteiger partial charge in [0, 0.05) is 24.8 Å². The van der Waals surface area contributed by atoms with Crippen LogP contribution in [0.2, 0.25) is 0 Å². The summed E-state index contributed by atoms with van der Waals surface area (Å²) in [6, 6.07) is 0.126. The van der Waals surface area contributed by atoms with E-state index in [-0.39, 0.29) is 29.9 Å². The second kappa shape index (κ2) is 9.26. The molecule has 0 aromatic carbocycles. The van der Waals surface area contributed by atoms with Gasteiger partial charge in [0.1, 0.15) is 5.69 Å². The van der Waals surface area contributed by atoms with Crippen molar-refractivity contribution >= 4 is 17.8 Å². The van der Waals surface area contributed by atoms with E-state index >= 15 is 0 Å². The van der Waals surface area contributed by atoms with Crippen molar-refractivity contribution in [2.45, 2.75) is 73.0 Å². The average molecular weight is 392 g/mol. The van der Waals surface area contributed by atoms with Crippen LogP contribution < -0.4 is 5.32 Å². The average Bonchev–Trinajstić information content (AvgIpc) is 2.94. The molecule has 2 atom stereocenters. The van der Waals surface area contributed by atoms with E-state index in [4.69, 9.17) is 4.74 Å². The molecule has 0 aliphatic carbocycles. The van der Waals surface area contributed by atoms with Crippen molar-refractivity contribution in [1.82, 2.24) is 15.2 Å². The molecule has 0 saturated carbocycles. The summed E-state index contributed by atoms with van der Waals surface area (Å²) in [5, 5.41) is 3.01. The van der Waals surface area contributed by atoms with Crippen LogP contribution in [0.15, 0.2) is 0 Å². The SMILES string of the molecule is CCC(C)NC(=O)C1CCCN(C(=O)c2[nH]c(C)c(C(=O)OC(C)C)c2C)C1. The Kier molecular flexibility index (Phi) is 7.27. The van der Waals surface area contributed by atoms with Gasteiger partial charge < -0.3 is 19.9 Å². The monoisotopic (exact) mass is 391 g/mol. The van der Waals surface area contributed by atoms with Crippen LogP contribution in [-0.2, 0) is 9.53 Å². The maximum atomic E-state index is 13.1. The van der Waals surface area contributed by atoms with Crippen LogP contribution in [0, 0.1) is 19.8 Å². The van der Waals surface area contributed by atoms with Gasteiger partial charge in [0.2, 0.25) is 5.91 Å². The van der Waals surface area contributed by atoms with E-state index in [2.05, 4.69) is 10.3 Å². The maximum absolute atomic E-state index is 13.1. The lowest BCUT2D eigenvalue weighted by atomic mass is 9.96. The molecular weight excluding hydrogens is 358 g/mol. The van der Waals surface area contributed by atoms with E-state index in [1.807, 2.05) is 13.8 Å². The Labute approximate surface area is 167 Å². The second-order valence-corrected chi connectivity index (χ2v) is 7.99. The summed E-state index contributed by atoms with van der Waals surface area (Å²) in [5.74, 6) is -0.795. The van der Waals surface area contributed by atoms with Gasteiger partial charge >= 0.3 is 5.97 Å². The van der Waals surface area contributed by atoms with Gasteiger partial charge in [-0.2, -0.15) is 0 Å². The van der Waals surface area contributed by atoms with Crippen molar-refractivity contribution in [1.29, 1.82) is 0 Å². The maximum Gasteiger partial charge on any atom is 0.340 e. The van der Waals surface area contributed by atoms with Gasteiger partial charge in [-0.05, 0) is 59.4 Å². The molecule has 2 unspecified atom stereocenters. The molecule has 0 spiro atoms. The lowest BCUT2D eigenvalue weighted by Crippen LogP contribution is -2.47. The van der Waals surface area contributed by atoms with E-state index < -0.39 is 5.97 Å². The van der Waals surface area contributed by atoms with Crippen LogP contribution in [0.1, 0.15) is 79.1 Å². The minimum Gasteiger partial charge on any atom is -0.459 e. The van der Waals surface area contributed by atoms with Crippen LogP contribution in [0.3, 0.4) is 0 Å². The Hall–Kier alpha value is -2.31. The molecular formula is C21H33N3O4. The summed E-state index contributed by atoms with van der Waals surface area (Å²) in [5.41, 5.74) is 2.03. The summed E-state index contributed by atoms with van der Waals surface area (Å²) in [4.78, 5) is 42.7. The van der Waals surface area contributed by atoms with Crippen molar-refractivity contribution in [3.8, 4) is 0 Å². The fraction of sp³-hybridized carbons (Fsp3) is 0.667. The summed E-state index contributed by atoms with van der Waals surface area (Å²) in [6.07, 6.45) is 2.20. The summed E-state index contributed by atoms with van der Waals surface area (Å²) < 4.78 is 5.30. The number of nitrogens with one attached hydrogen (secondary N) is 2. The molecule has 2 heterocycles. The predicted octanol–water partition coefficient (Wildman–Crippen LogP) is 2.96. The largest absolute Gasteiger partial charge is 0.459 e. The van der Waals surface area contributed by atoms with Gasteiger partial charge in [-0.15, -0.1) is 0 Å². The molecule has 1 aliphatic rings. The zero-order chi connectivity index (χ0) is 21.0. The van der Waals surface area contributed by atoms with Crippen LogP contribution >= 0.6 is 0 Å².